The molecule has 4 rings (SSSR count). The van der Waals surface area contributed by atoms with Gasteiger partial charge in [0.25, 0.3) is 20.0 Å². The quantitative estimate of drug-likeness (QED) is 0.301. The van der Waals surface area contributed by atoms with Crippen LogP contribution in [0.3, 0.4) is 0 Å². The minimum atomic E-state index is -4.12. The first-order valence-corrected chi connectivity index (χ1v) is 14.5. The summed E-state index contributed by atoms with van der Waals surface area (Å²) in [5, 5.41) is 2.98. The van der Waals surface area contributed by atoms with Gasteiger partial charge in [0.15, 0.2) is 0 Å². The first kappa shape index (κ1) is 27.1. The normalized spacial score (nSPS) is 11.5. The number of benzene rings is 3. The summed E-state index contributed by atoms with van der Waals surface area (Å²) >= 11 is 6.24. The number of hydrogen-bond acceptors (Lipinski definition) is 6. The van der Waals surface area contributed by atoms with Crippen LogP contribution in [-0.2, 0) is 24.8 Å². The van der Waals surface area contributed by atoms with E-state index in [2.05, 4.69) is 15.0 Å². The van der Waals surface area contributed by atoms with E-state index >= 15 is 0 Å². The number of carbonyl (C=O) groups excluding carboxylic acids is 1. The lowest BCUT2D eigenvalue weighted by Gasteiger charge is -2.26. The van der Waals surface area contributed by atoms with Gasteiger partial charge in [0, 0.05) is 16.9 Å². The lowest BCUT2D eigenvalue weighted by Crippen LogP contribution is -2.38. The molecule has 0 unspecified atom stereocenters. The maximum Gasteiger partial charge on any atom is 0.264 e. The number of halogens is 1. The molecule has 3 aromatic carbocycles. The molecule has 0 saturated heterocycles. The van der Waals surface area contributed by atoms with Crippen molar-refractivity contribution >= 4 is 54.7 Å². The number of hydrogen-bond donors (Lipinski definition) is 2. The predicted octanol–water partition coefficient (Wildman–Crippen LogP) is 4.68. The predicted molar refractivity (Wildman–Crippen MR) is 147 cm³/mol. The summed E-state index contributed by atoms with van der Waals surface area (Å²) in [5.74, 6) is -0.466. The van der Waals surface area contributed by atoms with Crippen molar-refractivity contribution in [3.8, 4) is 0 Å². The Bertz CT molecular complexity index is 1650. The fraction of sp³-hybridized carbons (Fsp3) is 0.0769. The Balaban J connectivity index is 1.56. The summed E-state index contributed by atoms with van der Waals surface area (Å²) in [7, 11) is -8.01. The molecule has 2 N–H and O–H groups in total. The third-order valence-electron chi connectivity index (χ3n) is 5.48. The fourth-order valence-electron chi connectivity index (χ4n) is 3.55. The molecule has 9 nitrogen and oxygen atoms in total. The SMILES string of the molecule is Cc1c(Cl)cccc1N(CC(=O)Nc1ccc(S(=O)(=O)Nc2ccccn2)cc1)S(=O)(=O)c1ccccc1. The van der Waals surface area contributed by atoms with E-state index in [9.17, 15) is 21.6 Å². The van der Waals surface area contributed by atoms with Crippen molar-refractivity contribution in [1.82, 2.24) is 4.98 Å². The molecular weight excluding hydrogens is 548 g/mol. The molecule has 0 radical (unpaired) electrons. The molecule has 0 spiro atoms. The van der Waals surface area contributed by atoms with Gasteiger partial charge in [-0.05, 0) is 73.2 Å². The molecule has 12 heteroatoms. The molecule has 0 saturated carbocycles. The standard InChI is InChI=1S/C26H23ClN4O5S2/c1-19-23(27)10-7-11-24(19)31(38(35,36)22-8-3-2-4-9-22)18-26(32)29-20-13-15-21(16-14-20)37(33,34)30-25-12-5-6-17-28-25/h2-17H,18H2,1H3,(H,28,30)(H,29,32). The van der Waals surface area contributed by atoms with Crippen LogP contribution in [-0.4, -0.2) is 34.3 Å². The number of sulfonamides is 2. The molecule has 0 atom stereocenters. The lowest BCUT2D eigenvalue weighted by molar-refractivity contribution is -0.114. The van der Waals surface area contributed by atoms with E-state index in [1.165, 1.54) is 48.7 Å². The van der Waals surface area contributed by atoms with E-state index in [4.69, 9.17) is 11.6 Å². The summed E-state index contributed by atoms with van der Waals surface area (Å²) in [6.07, 6.45) is 1.46. The minimum Gasteiger partial charge on any atom is -0.325 e. The molecule has 1 amide bonds. The van der Waals surface area contributed by atoms with E-state index in [0.29, 0.717) is 10.6 Å². The van der Waals surface area contributed by atoms with Gasteiger partial charge >= 0.3 is 0 Å². The third kappa shape index (κ3) is 6.13. The van der Waals surface area contributed by atoms with Gasteiger partial charge in [0.1, 0.15) is 12.4 Å². The highest BCUT2D eigenvalue weighted by molar-refractivity contribution is 7.93. The van der Waals surface area contributed by atoms with Crippen molar-refractivity contribution in [2.75, 3.05) is 20.9 Å². The zero-order valence-electron chi connectivity index (χ0n) is 20.1. The van der Waals surface area contributed by atoms with Crippen LogP contribution in [0.5, 0.6) is 0 Å². The number of anilines is 3. The molecule has 0 aliphatic heterocycles. The van der Waals surface area contributed by atoms with Gasteiger partial charge in [-0.3, -0.25) is 13.8 Å². The third-order valence-corrected chi connectivity index (χ3v) is 9.03. The highest BCUT2D eigenvalue weighted by Gasteiger charge is 2.28. The summed E-state index contributed by atoms with van der Waals surface area (Å²) in [6, 6.07) is 22.9. The van der Waals surface area contributed by atoms with E-state index in [1.54, 1.807) is 55.5 Å². The van der Waals surface area contributed by atoms with E-state index in [-0.39, 0.29) is 27.0 Å². The summed E-state index contributed by atoms with van der Waals surface area (Å²) in [4.78, 5) is 16.9. The maximum absolute atomic E-state index is 13.5. The van der Waals surface area contributed by atoms with Crippen LogP contribution in [0.15, 0.2) is 107 Å². The van der Waals surface area contributed by atoms with Gasteiger partial charge < -0.3 is 5.32 Å². The molecule has 0 aliphatic rings. The summed E-state index contributed by atoms with van der Waals surface area (Å²) < 4.78 is 55.6. The van der Waals surface area contributed by atoms with E-state index in [1.807, 2.05) is 0 Å². The number of aromatic nitrogens is 1. The molecule has 1 aromatic heterocycles. The highest BCUT2D eigenvalue weighted by Crippen LogP contribution is 2.31. The maximum atomic E-state index is 13.5. The topological polar surface area (TPSA) is 126 Å². The van der Waals surface area contributed by atoms with Crippen molar-refractivity contribution in [2.45, 2.75) is 16.7 Å². The molecule has 38 heavy (non-hydrogen) atoms. The highest BCUT2D eigenvalue weighted by atomic mass is 35.5. The number of carbonyl (C=O) groups is 1. The van der Waals surface area contributed by atoms with Crippen molar-refractivity contribution in [3.05, 3.63) is 108 Å². The molecule has 0 aliphatic carbocycles. The number of rotatable bonds is 9. The molecule has 4 aromatic rings. The van der Waals surface area contributed by atoms with Crippen LogP contribution >= 0.6 is 11.6 Å². The Kier molecular flexibility index (Phi) is 8.00. The Morgan fingerprint density at radius 2 is 1.53 bits per heavy atom. The zero-order valence-corrected chi connectivity index (χ0v) is 22.5. The van der Waals surface area contributed by atoms with Gasteiger partial charge in [-0.15, -0.1) is 0 Å². The van der Waals surface area contributed by atoms with Crippen molar-refractivity contribution in [3.63, 3.8) is 0 Å². The van der Waals surface area contributed by atoms with Crippen LogP contribution in [0.2, 0.25) is 5.02 Å². The molecule has 1 heterocycles. The van der Waals surface area contributed by atoms with Crippen molar-refractivity contribution < 1.29 is 21.6 Å². The van der Waals surface area contributed by atoms with Gasteiger partial charge in [-0.1, -0.05) is 41.9 Å². The first-order chi connectivity index (χ1) is 18.1. The number of amides is 1. The molecule has 0 bridgehead atoms. The van der Waals surface area contributed by atoms with Gasteiger partial charge in [0.05, 0.1) is 15.5 Å². The van der Waals surface area contributed by atoms with Crippen LogP contribution in [0.25, 0.3) is 0 Å². The fourth-order valence-corrected chi connectivity index (χ4v) is 6.23. The minimum absolute atomic E-state index is 0.0159. The molecular formula is C26H23ClN4O5S2. The number of nitrogens with one attached hydrogen (secondary N) is 2. The Hall–Kier alpha value is -3.93. The number of pyridine rings is 1. The van der Waals surface area contributed by atoms with E-state index < -0.39 is 32.5 Å². The second-order valence-electron chi connectivity index (χ2n) is 8.10. The van der Waals surface area contributed by atoms with Crippen molar-refractivity contribution in [2.24, 2.45) is 0 Å². The smallest absolute Gasteiger partial charge is 0.264 e. The summed E-state index contributed by atoms with van der Waals surface area (Å²) in [6.45, 7) is 1.13. The monoisotopic (exact) mass is 570 g/mol. The largest absolute Gasteiger partial charge is 0.325 e. The van der Waals surface area contributed by atoms with Gasteiger partial charge in [-0.25, -0.2) is 21.8 Å². The van der Waals surface area contributed by atoms with Gasteiger partial charge in [0.2, 0.25) is 5.91 Å². The second-order valence-corrected chi connectivity index (χ2v) is 12.1. The Morgan fingerprint density at radius 3 is 2.18 bits per heavy atom. The average Bonchev–Trinajstić information content (AvgIpc) is 2.90. The van der Waals surface area contributed by atoms with Crippen LogP contribution < -0.4 is 14.3 Å². The van der Waals surface area contributed by atoms with Crippen LogP contribution in [0, 0.1) is 6.92 Å². The van der Waals surface area contributed by atoms with Crippen molar-refractivity contribution in [1.29, 1.82) is 0 Å². The van der Waals surface area contributed by atoms with Crippen LogP contribution in [0.1, 0.15) is 5.56 Å². The zero-order chi connectivity index (χ0) is 27.3. The van der Waals surface area contributed by atoms with E-state index in [0.717, 1.165) is 4.31 Å². The van der Waals surface area contributed by atoms with Crippen LogP contribution in [0.4, 0.5) is 17.2 Å². The second kappa shape index (κ2) is 11.2. The average molecular weight is 571 g/mol. The number of nitrogens with zero attached hydrogens (tertiary/aromatic N) is 2. The molecule has 196 valence electrons. The summed E-state index contributed by atoms with van der Waals surface area (Å²) in [5.41, 5.74) is 1.04. The first-order valence-electron chi connectivity index (χ1n) is 11.2. The Labute approximate surface area is 226 Å². The van der Waals surface area contributed by atoms with Gasteiger partial charge in [-0.2, -0.15) is 0 Å². The Morgan fingerprint density at radius 1 is 0.842 bits per heavy atom. The lowest BCUT2D eigenvalue weighted by atomic mass is 10.2. The molecule has 0 fully saturated rings.